The molecule has 382 valence electrons. The fourth-order valence-corrected chi connectivity index (χ4v) is 18.3. The molecule has 1 heterocycles. The Hall–Kier alpha value is -1.84. The SMILES string of the molecule is COCCOCCOCC(=O)OC[C@@H](CCN[C@]12CC[C@@H](C3(C)CC3)[C@@H]1[C@H]1CC[C@@H]3[C@@]4(C)CC[C@H](OC(=O)[C@H]5C[C@@H](C(=O)O)C5(C)C)C(C)(C)[C@@H]4CC[C@@]3(C)[C@]1(C)CC2)N1CCS(=O)(=O)CC1. The lowest BCUT2D eigenvalue weighted by atomic mass is 9.32. The van der Waals surface area contributed by atoms with E-state index < -0.39 is 33.1 Å². The van der Waals surface area contributed by atoms with E-state index in [2.05, 4.69) is 51.8 Å². The van der Waals surface area contributed by atoms with Gasteiger partial charge in [0.2, 0.25) is 0 Å². The summed E-state index contributed by atoms with van der Waals surface area (Å²) in [5.41, 5.74) is 0.206. The molecule has 0 unspecified atom stereocenters. The van der Waals surface area contributed by atoms with Crippen molar-refractivity contribution in [3.05, 3.63) is 0 Å². The molecule has 8 fully saturated rings. The number of rotatable bonds is 19. The molecule has 13 atom stereocenters. The minimum absolute atomic E-state index is 0.0553. The largest absolute Gasteiger partial charge is 0.481 e. The lowest BCUT2D eigenvalue weighted by Gasteiger charge is -2.73. The molecule has 14 heteroatoms. The van der Waals surface area contributed by atoms with Gasteiger partial charge < -0.3 is 34.1 Å². The smallest absolute Gasteiger partial charge is 0.332 e. The number of carboxylic acids is 1. The quantitative estimate of drug-likeness (QED) is 0.0962. The summed E-state index contributed by atoms with van der Waals surface area (Å²) in [6, 6.07) is -0.0892. The molecule has 67 heavy (non-hydrogen) atoms. The summed E-state index contributed by atoms with van der Waals surface area (Å²) in [4.78, 5) is 40.7. The van der Waals surface area contributed by atoms with Crippen LogP contribution in [-0.4, -0.2) is 132 Å². The Balaban J connectivity index is 0.946. The number of nitrogens with one attached hydrogen (secondary N) is 1. The van der Waals surface area contributed by atoms with Crippen LogP contribution in [0.3, 0.4) is 0 Å². The van der Waals surface area contributed by atoms with Gasteiger partial charge in [-0.15, -0.1) is 0 Å². The zero-order chi connectivity index (χ0) is 48.4. The van der Waals surface area contributed by atoms with Crippen molar-refractivity contribution in [1.82, 2.24) is 10.2 Å². The van der Waals surface area contributed by atoms with E-state index in [0.717, 1.165) is 38.6 Å². The lowest BCUT2D eigenvalue weighted by molar-refractivity contribution is -0.249. The van der Waals surface area contributed by atoms with E-state index in [1.54, 1.807) is 7.11 Å². The zero-order valence-electron chi connectivity index (χ0n) is 42.8. The standard InChI is InChI=1S/C53H88N2O11S/c1-47(2)38(45(57)58)32-39(47)46(59)66-42-14-16-50(6)40(48(42,3)4)13-17-52(8)41(50)11-10-37-44-36(49(5)19-20-49)12-18-53(44,22-21-51(37,52)7)54-23-15-35(55-24-30-67(60,61)31-25-55)33-65-43(56)34-64-29-28-63-27-26-62-9/h35-42,44,54H,10-34H2,1-9H3,(H,57,58)/t35-,36-,37-,38+,39-,40+,41-,42+,44-,50+,51-,52-,53+/m1/s1. The molecule has 1 saturated heterocycles. The third kappa shape index (κ3) is 9.31. The average Bonchev–Trinajstić information content (AvgIpc) is 3.88. The van der Waals surface area contributed by atoms with Gasteiger partial charge in [-0.1, -0.05) is 55.4 Å². The number of carboxylic acid groups (broad SMARTS) is 1. The van der Waals surface area contributed by atoms with E-state index in [0.29, 0.717) is 74.3 Å². The summed E-state index contributed by atoms with van der Waals surface area (Å²) in [6.45, 7) is 22.5. The first-order valence-electron chi connectivity index (χ1n) is 26.4. The molecule has 0 bridgehead atoms. The number of methoxy groups -OCH3 is 1. The van der Waals surface area contributed by atoms with Crippen molar-refractivity contribution in [2.45, 2.75) is 163 Å². The van der Waals surface area contributed by atoms with Gasteiger partial charge in [0.1, 0.15) is 19.3 Å². The number of carbonyl (C=O) groups is 3. The van der Waals surface area contributed by atoms with Gasteiger partial charge in [-0.25, -0.2) is 13.2 Å². The van der Waals surface area contributed by atoms with Gasteiger partial charge in [0, 0.05) is 37.2 Å². The molecule has 0 amide bonds. The third-order valence-electron chi connectivity index (χ3n) is 21.7. The molecule has 1 aliphatic heterocycles. The second kappa shape index (κ2) is 19.0. The minimum Gasteiger partial charge on any atom is -0.481 e. The van der Waals surface area contributed by atoms with E-state index in [1.807, 2.05) is 13.8 Å². The molecule has 0 aromatic heterocycles. The maximum absolute atomic E-state index is 13.7. The summed E-state index contributed by atoms with van der Waals surface area (Å²) < 4.78 is 53.2. The monoisotopic (exact) mass is 961 g/mol. The first-order valence-corrected chi connectivity index (χ1v) is 28.2. The predicted octanol–water partition coefficient (Wildman–Crippen LogP) is 7.58. The summed E-state index contributed by atoms with van der Waals surface area (Å²) in [5, 5.41) is 14.0. The summed E-state index contributed by atoms with van der Waals surface area (Å²) in [6.07, 6.45) is 15.2. The van der Waals surface area contributed by atoms with Gasteiger partial charge in [0.05, 0.1) is 49.8 Å². The van der Waals surface area contributed by atoms with Crippen molar-refractivity contribution in [2.24, 2.45) is 73.9 Å². The Kier molecular flexibility index (Phi) is 14.6. The Labute approximate surface area is 402 Å². The first-order chi connectivity index (χ1) is 31.5. The predicted molar refractivity (Wildman–Crippen MR) is 256 cm³/mol. The van der Waals surface area contributed by atoms with Crippen LogP contribution in [0.5, 0.6) is 0 Å². The fraction of sp³-hybridized carbons (Fsp3) is 0.943. The highest BCUT2D eigenvalue weighted by molar-refractivity contribution is 7.91. The van der Waals surface area contributed by atoms with Gasteiger partial charge >= 0.3 is 17.9 Å². The third-order valence-corrected chi connectivity index (χ3v) is 23.3. The van der Waals surface area contributed by atoms with Crippen molar-refractivity contribution in [3.63, 3.8) is 0 Å². The van der Waals surface area contributed by atoms with E-state index in [1.165, 1.54) is 51.4 Å². The van der Waals surface area contributed by atoms with E-state index >= 15 is 0 Å². The molecule has 13 nitrogen and oxygen atoms in total. The number of nitrogens with zero attached hydrogens (tertiary/aromatic N) is 1. The fourth-order valence-electron chi connectivity index (χ4n) is 17.1. The van der Waals surface area contributed by atoms with Crippen LogP contribution in [0.4, 0.5) is 0 Å². The highest BCUT2D eigenvalue weighted by Gasteiger charge is 2.72. The normalized spacial score (nSPS) is 41.6. The first kappa shape index (κ1) is 51.5. The summed E-state index contributed by atoms with van der Waals surface area (Å²) >= 11 is 0. The molecule has 0 aromatic rings. The topological polar surface area (TPSA) is 167 Å². The van der Waals surface area contributed by atoms with E-state index in [-0.39, 0.29) is 82.6 Å². The number of aliphatic carboxylic acids is 1. The van der Waals surface area contributed by atoms with Crippen molar-refractivity contribution in [3.8, 4) is 0 Å². The highest BCUT2D eigenvalue weighted by Crippen LogP contribution is 2.78. The number of carbonyl (C=O) groups excluding carboxylic acids is 2. The number of sulfone groups is 1. The summed E-state index contributed by atoms with van der Waals surface area (Å²) in [5.74, 6) is 0.877. The van der Waals surface area contributed by atoms with Gasteiger partial charge in [-0.3, -0.25) is 14.5 Å². The van der Waals surface area contributed by atoms with Gasteiger partial charge in [0.25, 0.3) is 0 Å². The Bertz CT molecular complexity index is 1920. The molecule has 2 N–H and O–H groups in total. The molecule has 8 rings (SSSR count). The maximum atomic E-state index is 13.7. The lowest BCUT2D eigenvalue weighted by Crippen LogP contribution is -2.69. The number of hydrogen-bond acceptors (Lipinski definition) is 12. The molecule has 0 radical (unpaired) electrons. The number of esters is 2. The molecule has 8 aliphatic rings. The van der Waals surface area contributed by atoms with Crippen LogP contribution in [0.15, 0.2) is 0 Å². The van der Waals surface area contributed by atoms with Crippen molar-refractivity contribution < 1.29 is 51.6 Å². The second-order valence-electron chi connectivity index (χ2n) is 25.3. The number of hydrogen-bond donors (Lipinski definition) is 2. The van der Waals surface area contributed by atoms with Crippen LogP contribution in [0.25, 0.3) is 0 Å². The highest BCUT2D eigenvalue weighted by atomic mass is 32.2. The molecular formula is C53H88N2O11S. The van der Waals surface area contributed by atoms with Crippen molar-refractivity contribution >= 4 is 27.7 Å². The van der Waals surface area contributed by atoms with Crippen LogP contribution in [0.1, 0.15) is 145 Å². The van der Waals surface area contributed by atoms with Gasteiger partial charge in [-0.05, 0) is 153 Å². The molecule has 7 saturated carbocycles. The van der Waals surface area contributed by atoms with Crippen molar-refractivity contribution in [2.75, 3.05) is 77.9 Å². The molecule has 7 aliphatic carbocycles. The van der Waals surface area contributed by atoms with Crippen LogP contribution in [0.2, 0.25) is 0 Å². The van der Waals surface area contributed by atoms with Crippen LogP contribution in [0, 0.1) is 73.9 Å². The van der Waals surface area contributed by atoms with E-state index in [4.69, 9.17) is 23.7 Å². The van der Waals surface area contributed by atoms with Gasteiger partial charge in [0.15, 0.2) is 9.84 Å². The summed E-state index contributed by atoms with van der Waals surface area (Å²) in [7, 11) is -1.45. The number of ether oxygens (including phenoxy) is 5. The maximum Gasteiger partial charge on any atom is 0.332 e. The Morgan fingerprint density at radius 1 is 0.731 bits per heavy atom. The number of fused-ring (bicyclic) bond motifs is 7. The molecule has 0 aromatic carbocycles. The van der Waals surface area contributed by atoms with Gasteiger partial charge in [-0.2, -0.15) is 0 Å². The average molecular weight is 961 g/mol. The molecule has 0 spiro atoms. The zero-order valence-corrected chi connectivity index (χ0v) is 43.6. The van der Waals surface area contributed by atoms with Crippen molar-refractivity contribution in [1.29, 1.82) is 0 Å². The van der Waals surface area contributed by atoms with E-state index in [9.17, 15) is 27.9 Å². The van der Waals surface area contributed by atoms with Crippen LogP contribution < -0.4 is 5.32 Å². The Morgan fingerprint density at radius 2 is 1.43 bits per heavy atom. The Morgan fingerprint density at radius 3 is 2.10 bits per heavy atom. The van der Waals surface area contributed by atoms with Crippen LogP contribution >= 0.6 is 0 Å². The molecular weight excluding hydrogens is 873 g/mol. The second-order valence-corrected chi connectivity index (χ2v) is 27.6. The minimum atomic E-state index is -3.07. The van der Waals surface area contributed by atoms with Crippen LogP contribution in [-0.2, 0) is 47.9 Å².